The maximum absolute atomic E-state index is 11.1. The summed E-state index contributed by atoms with van der Waals surface area (Å²) in [4.78, 5) is 15.1. The van der Waals surface area contributed by atoms with Gasteiger partial charge in [0.25, 0.3) is 0 Å². The van der Waals surface area contributed by atoms with Crippen LogP contribution in [-0.2, 0) is 4.79 Å². The first-order valence-electron chi connectivity index (χ1n) is 4.59. The topological polar surface area (TPSA) is 42.0 Å². The first-order valence-corrected chi connectivity index (χ1v) is 5.76. The molecular formula is C11H8BrClN2O. The molecule has 82 valence electrons. The molecular weight excluding hydrogens is 291 g/mol. The van der Waals surface area contributed by atoms with Crippen LogP contribution >= 0.6 is 27.5 Å². The molecule has 0 saturated carbocycles. The molecule has 1 aromatic carbocycles. The van der Waals surface area contributed by atoms with E-state index in [1.807, 2.05) is 6.07 Å². The van der Waals surface area contributed by atoms with Crippen LogP contribution in [0.5, 0.6) is 0 Å². The van der Waals surface area contributed by atoms with Gasteiger partial charge in [0.2, 0.25) is 5.91 Å². The number of amides is 1. The van der Waals surface area contributed by atoms with Gasteiger partial charge in [-0.3, -0.25) is 9.78 Å². The monoisotopic (exact) mass is 298 g/mol. The average molecular weight is 300 g/mol. The minimum absolute atomic E-state index is 0.124. The summed E-state index contributed by atoms with van der Waals surface area (Å²) in [7, 11) is 0. The first kappa shape index (κ1) is 11.4. The molecule has 0 spiro atoms. The largest absolute Gasteiger partial charge is 0.325 e. The third-order valence-corrected chi connectivity index (χ3v) is 3.08. The van der Waals surface area contributed by atoms with Crippen molar-refractivity contribution < 1.29 is 4.79 Å². The second-order valence-electron chi connectivity index (χ2n) is 3.32. The van der Waals surface area contributed by atoms with E-state index < -0.39 is 0 Å². The Hall–Kier alpha value is -1.13. The van der Waals surface area contributed by atoms with Crippen molar-refractivity contribution in [3.05, 3.63) is 34.0 Å². The number of rotatable bonds is 1. The number of aromatic nitrogens is 1. The Morgan fingerprint density at radius 1 is 1.50 bits per heavy atom. The summed E-state index contributed by atoms with van der Waals surface area (Å²) in [5.41, 5.74) is 0.717. The fourth-order valence-electron chi connectivity index (χ4n) is 1.50. The summed E-state index contributed by atoms with van der Waals surface area (Å²) < 4.78 is 0.756. The van der Waals surface area contributed by atoms with Gasteiger partial charge in [0, 0.05) is 34.6 Å². The molecule has 1 heterocycles. The lowest BCUT2D eigenvalue weighted by Gasteiger charge is -2.10. The standard InChI is InChI=1S/C11H8BrClN2O/c1-6(16)15-11-7-2-3-14-5-8(7)10(13)4-9(11)12/h2-5H,1H3,(H,15,16). The number of nitrogens with zero attached hydrogens (tertiary/aromatic N) is 1. The molecule has 16 heavy (non-hydrogen) atoms. The highest BCUT2D eigenvalue weighted by atomic mass is 79.9. The molecule has 0 fully saturated rings. The minimum atomic E-state index is -0.124. The summed E-state index contributed by atoms with van der Waals surface area (Å²) >= 11 is 9.47. The summed E-state index contributed by atoms with van der Waals surface area (Å²) in [6.45, 7) is 1.47. The minimum Gasteiger partial charge on any atom is -0.325 e. The Balaban J connectivity index is 2.76. The fourth-order valence-corrected chi connectivity index (χ4v) is 2.43. The lowest BCUT2D eigenvalue weighted by atomic mass is 10.1. The van der Waals surface area contributed by atoms with Gasteiger partial charge >= 0.3 is 0 Å². The van der Waals surface area contributed by atoms with E-state index >= 15 is 0 Å². The van der Waals surface area contributed by atoms with Gasteiger partial charge in [0.1, 0.15) is 0 Å². The molecule has 0 aliphatic heterocycles. The first-order chi connectivity index (χ1) is 7.59. The maximum atomic E-state index is 11.1. The molecule has 0 aliphatic carbocycles. The van der Waals surface area contributed by atoms with Gasteiger partial charge in [0.15, 0.2) is 0 Å². The Morgan fingerprint density at radius 3 is 2.94 bits per heavy atom. The third kappa shape index (κ3) is 2.03. The Morgan fingerprint density at radius 2 is 2.25 bits per heavy atom. The number of pyridine rings is 1. The Labute approximate surface area is 106 Å². The van der Waals surface area contributed by atoms with E-state index in [9.17, 15) is 4.79 Å². The molecule has 2 aromatic rings. The van der Waals surface area contributed by atoms with Crippen molar-refractivity contribution in [2.24, 2.45) is 0 Å². The predicted octanol–water partition coefficient (Wildman–Crippen LogP) is 3.61. The molecule has 2 rings (SSSR count). The van der Waals surface area contributed by atoms with Crippen molar-refractivity contribution in [2.45, 2.75) is 6.92 Å². The molecule has 0 bridgehead atoms. The van der Waals surface area contributed by atoms with Crippen LogP contribution in [-0.4, -0.2) is 10.9 Å². The van der Waals surface area contributed by atoms with E-state index in [0.29, 0.717) is 10.7 Å². The Bertz CT molecular complexity index is 571. The van der Waals surface area contributed by atoms with Gasteiger partial charge in [0.05, 0.1) is 10.7 Å². The van der Waals surface area contributed by atoms with Crippen molar-refractivity contribution in [2.75, 3.05) is 5.32 Å². The summed E-state index contributed by atoms with van der Waals surface area (Å²) in [5, 5.41) is 5.05. The van der Waals surface area contributed by atoms with Crippen LogP contribution < -0.4 is 5.32 Å². The fraction of sp³-hybridized carbons (Fsp3) is 0.0909. The van der Waals surface area contributed by atoms with Gasteiger partial charge < -0.3 is 5.32 Å². The molecule has 1 N–H and O–H groups in total. The van der Waals surface area contributed by atoms with Gasteiger partial charge in [-0.1, -0.05) is 11.6 Å². The van der Waals surface area contributed by atoms with Crippen LogP contribution in [0.3, 0.4) is 0 Å². The van der Waals surface area contributed by atoms with E-state index in [1.54, 1.807) is 18.5 Å². The lowest BCUT2D eigenvalue weighted by Crippen LogP contribution is -2.07. The Kier molecular flexibility index (Phi) is 3.12. The smallest absolute Gasteiger partial charge is 0.221 e. The normalized spacial score (nSPS) is 10.4. The second-order valence-corrected chi connectivity index (χ2v) is 4.58. The van der Waals surface area contributed by atoms with Crippen LogP contribution in [0.4, 0.5) is 5.69 Å². The van der Waals surface area contributed by atoms with Crippen molar-refractivity contribution in [3.63, 3.8) is 0 Å². The number of anilines is 1. The van der Waals surface area contributed by atoms with Crippen LogP contribution in [0.2, 0.25) is 5.02 Å². The van der Waals surface area contributed by atoms with E-state index in [-0.39, 0.29) is 5.91 Å². The van der Waals surface area contributed by atoms with E-state index in [1.165, 1.54) is 6.92 Å². The van der Waals surface area contributed by atoms with Crippen molar-refractivity contribution in [1.82, 2.24) is 4.98 Å². The molecule has 0 saturated heterocycles. The number of hydrogen-bond donors (Lipinski definition) is 1. The maximum Gasteiger partial charge on any atom is 0.221 e. The highest BCUT2D eigenvalue weighted by Crippen LogP contribution is 2.35. The molecule has 0 atom stereocenters. The highest BCUT2D eigenvalue weighted by molar-refractivity contribution is 9.10. The molecule has 1 aromatic heterocycles. The van der Waals surface area contributed by atoms with Gasteiger partial charge in [-0.05, 0) is 28.1 Å². The highest BCUT2D eigenvalue weighted by Gasteiger charge is 2.10. The number of nitrogens with one attached hydrogen (secondary N) is 1. The molecule has 0 unspecified atom stereocenters. The SMILES string of the molecule is CC(=O)Nc1c(Br)cc(Cl)c2cnccc12. The van der Waals surface area contributed by atoms with Crippen molar-refractivity contribution >= 4 is 49.9 Å². The van der Waals surface area contributed by atoms with Crippen LogP contribution in [0.25, 0.3) is 10.8 Å². The second kappa shape index (κ2) is 4.39. The molecule has 5 heteroatoms. The summed E-state index contributed by atoms with van der Waals surface area (Å²) in [5.74, 6) is -0.124. The van der Waals surface area contributed by atoms with E-state index in [0.717, 1.165) is 15.2 Å². The van der Waals surface area contributed by atoms with Crippen molar-refractivity contribution in [3.8, 4) is 0 Å². The number of hydrogen-bond acceptors (Lipinski definition) is 2. The summed E-state index contributed by atoms with van der Waals surface area (Å²) in [6.07, 6.45) is 3.34. The number of fused-ring (bicyclic) bond motifs is 1. The zero-order chi connectivity index (χ0) is 11.7. The third-order valence-electron chi connectivity index (χ3n) is 2.14. The molecule has 3 nitrogen and oxygen atoms in total. The van der Waals surface area contributed by atoms with E-state index in [4.69, 9.17) is 11.6 Å². The zero-order valence-corrected chi connectivity index (χ0v) is 10.8. The number of carbonyl (C=O) groups excluding carboxylic acids is 1. The number of halogens is 2. The molecule has 0 radical (unpaired) electrons. The van der Waals surface area contributed by atoms with E-state index in [2.05, 4.69) is 26.2 Å². The molecule has 0 aliphatic rings. The van der Waals surface area contributed by atoms with Gasteiger partial charge in [-0.25, -0.2) is 0 Å². The zero-order valence-electron chi connectivity index (χ0n) is 8.42. The number of benzene rings is 1. The average Bonchev–Trinajstić information content (AvgIpc) is 2.24. The quantitative estimate of drug-likeness (QED) is 0.874. The van der Waals surface area contributed by atoms with Crippen LogP contribution in [0.1, 0.15) is 6.92 Å². The molecule has 1 amide bonds. The summed E-state index contributed by atoms with van der Waals surface area (Å²) in [6, 6.07) is 3.56. The predicted molar refractivity (Wildman–Crippen MR) is 68.8 cm³/mol. The van der Waals surface area contributed by atoms with Crippen LogP contribution in [0.15, 0.2) is 29.0 Å². The lowest BCUT2D eigenvalue weighted by molar-refractivity contribution is -0.114. The van der Waals surface area contributed by atoms with Gasteiger partial charge in [-0.15, -0.1) is 0 Å². The van der Waals surface area contributed by atoms with Gasteiger partial charge in [-0.2, -0.15) is 0 Å². The van der Waals surface area contributed by atoms with Crippen molar-refractivity contribution in [1.29, 1.82) is 0 Å². The number of carbonyl (C=O) groups is 1. The van der Waals surface area contributed by atoms with Crippen LogP contribution in [0, 0.1) is 0 Å².